The first-order valence-electron chi connectivity index (χ1n) is 5.57. The summed E-state index contributed by atoms with van der Waals surface area (Å²) in [6.07, 6.45) is 4.80. The van der Waals surface area contributed by atoms with Gasteiger partial charge in [0.2, 0.25) is 0 Å². The zero-order valence-corrected chi connectivity index (χ0v) is 10.1. The molecule has 1 heterocycles. The molecule has 0 bridgehead atoms. The van der Waals surface area contributed by atoms with Crippen LogP contribution in [0.4, 0.5) is 0 Å². The summed E-state index contributed by atoms with van der Waals surface area (Å²) in [6, 6.07) is 2.05. The van der Waals surface area contributed by atoms with Crippen LogP contribution in [0.3, 0.4) is 0 Å². The van der Waals surface area contributed by atoms with E-state index >= 15 is 0 Å². The molecule has 1 aromatic rings. The van der Waals surface area contributed by atoms with Crippen molar-refractivity contribution < 1.29 is 4.79 Å². The van der Waals surface area contributed by atoms with Gasteiger partial charge in [-0.2, -0.15) is 5.26 Å². The fourth-order valence-electron chi connectivity index (χ4n) is 1.47. The SMILES string of the molecule is CC(C)CN(CCC#N)C(=O)c1cnccn1. The molecule has 90 valence electrons. The average molecular weight is 232 g/mol. The highest BCUT2D eigenvalue weighted by Gasteiger charge is 2.17. The highest BCUT2D eigenvalue weighted by molar-refractivity contribution is 5.91. The standard InChI is InChI=1S/C12H16N4O/c1-10(2)9-16(7-3-4-13)12(17)11-8-14-5-6-15-11/h5-6,8,10H,3,7,9H2,1-2H3. The molecule has 1 rings (SSSR count). The van der Waals surface area contributed by atoms with Crippen molar-refractivity contribution in [2.24, 2.45) is 5.92 Å². The molecular weight excluding hydrogens is 216 g/mol. The Labute approximate surface area is 101 Å². The van der Waals surface area contributed by atoms with Crippen molar-refractivity contribution in [3.63, 3.8) is 0 Å². The van der Waals surface area contributed by atoms with Crippen LogP contribution in [0.5, 0.6) is 0 Å². The molecule has 0 saturated carbocycles. The summed E-state index contributed by atoms with van der Waals surface area (Å²) in [5.41, 5.74) is 0.325. The van der Waals surface area contributed by atoms with Crippen molar-refractivity contribution in [3.8, 4) is 6.07 Å². The first kappa shape index (κ1) is 13.1. The second-order valence-corrected chi connectivity index (χ2v) is 4.14. The third-order valence-corrected chi connectivity index (χ3v) is 2.15. The molecule has 0 unspecified atom stereocenters. The lowest BCUT2D eigenvalue weighted by molar-refractivity contribution is 0.0733. The molecule has 5 nitrogen and oxygen atoms in total. The van der Waals surface area contributed by atoms with E-state index in [4.69, 9.17) is 5.26 Å². The van der Waals surface area contributed by atoms with Crippen LogP contribution in [0.1, 0.15) is 30.8 Å². The molecule has 0 spiro atoms. The van der Waals surface area contributed by atoms with E-state index in [0.29, 0.717) is 31.1 Å². The average Bonchev–Trinajstić information content (AvgIpc) is 2.34. The number of nitrogens with zero attached hydrogens (tertiary/aromatic N) is 4. The van der Waals surface area contributed by atoms with Gasteiger partial charge in [0.05, 0.1) is 18.7 Å². The number of aromatic nitrogens is 2. The number of amides is 1. The highest BCUT2D eigenvalue weighted by atomic mass is 16.2. The van der Waals surface area contributed by atoms with Crippen molar-refractivity contribution in [2.45, 2.75) is 20.3 Å². The fourth-order valence-corrected chi connectivity index (χ4v) is 1.47. The van der Waals surface area contributed by atoms with Crippen LogP contribution in [-0.2, 0) is 0 Å². The molecule has 17 heavy (non-hydrogen) atoms. The van der Waals surface area contributed by atoms with Gasteiger partial charge in [-0.05, 0) is 5.92 Å². The van der Waals surface area contributed by atoms with E-state index in [9.17, 15) is 4.79 Å². The van der Waals surface area contributed by atoms with E-state index in [0.717, 1.165) is 0 Å². The lowest BCUT2D eigenvalue weighted by Crippen LogP contribution is -2.35. The molecule has 0 aromatic carbocycles. The van der Waals surface area contributed by atoms with E-state index in [2.05, 4.69) is 9.97 Å². The third kappa shape index (κ3) is 4.19. The number of hydrogen-bond donors (Lipinski definition) is 0. The summed E-state index contributed by atoms with van der Waals surface area (Å²) in [7, 11) is 0. The van der Waals surface area contributed by atoms with Crippen LogP contribution < -0.4 is 0 Å². The minimum Gasteiger partial charge on any atom is -0.336 e. The van der Waals surface area contributed by atoms with Gasteiger partial charge in [0, 0.05) is 25.5 Å². The van der Waals surface area contributed by atoms with Crippen LogP contribution in [0.15, 0.2) is 18.6 Å². The molecule has 1 aromatic heterocycles. The molecule has 0 saturated heterocycles. The van der Waals surface area contributed by atoms with Gasteiger partial charge >= 0.3 is 0 Å². The van der Waals surface area contributed by atoms with Crippen molar-refractivity contribution >= 4 is 5.91 Å². The molecule has 0 fully saturated rings. The zero-order chi connectivity index (χ0) is 12.7. The van der Waals surface area contributed by atoms with Gasteiger partial charge < -0.3 is 4.90 Å². The summed E-state index contributed by atoms with van der Waals surface area (Å²) in [5, 5.41) is 8.59. The van der Waals surface area contributed by atoms with E-state index in [-0.39, 0.29) is 5.91 Å². The zero-order valence-electron chi connectivity index (χ0n) is 10.1. The van der Waals surface area contributed by atoms with Crippen molar-refractivity contribution in [1.29, 1.82) is 5.26 Å². The maximum atomic E-state index is 12.1. The molecule has 5 heteroatoms. The number of hydrogen-bond acceptors (Lipinski definition) is 4. The van der Waals surface area contributed by atoms with Crippen molar-refractivity contribution in [2.75, 3.05) is 13.1 Å². The molecule has 0 radical (unpaired) electrons. The largest absolute Gasteiger partial charge is 0.336 e. The monoisotopic (exact) mass is 232 g/mol. The van der Waals surface area contributed by atoms with E-state index in [1.54, 1.807) is 4.90 Å². The van der Waals surface area contributed by atoms with Crippen molar-refractivity contribution in [3.05, 3.63) is 24.3 Å². The number of carbonyl (C=O) groups is 1. The predicted octanol–water partition coefficient (Wildman–Crippen LogP) is 1.49. The van der Waals surface area contributed by atoms with Crippen LogP contribution >= 0.6 is 0 Å². The van der Waals surface area contributed by atoms with E-state index in [1.165, 1.54) is 18.6 Å². The second-order valence-electron chi connectivity index (χ2n) is 4.14. The van der Waals surface area contributed by atoms with Crippen LogP contribution in [0.25, 0.3) is 0 Å². The third-order valence-electron chi connectivity index (χ3n) is 2.15. The fraction of sp³-hybridized carbons (Fsp3) is 0.500. The van der Waals surface area contributed by atoms with Crippen LogP contribution in [-0.4, -0.2) is 33.9 Å². The maximum Gasteiger partial charge on any atom is 0.274 e. The molecule has 0 aliphatic heterocycles. The summed E-state index contributed by atoms with van der Waals surface area (Å²) in [4.78, 5) is 21.6. The lowest BCUT2D eigenvalue weighted by atomic mass is 10.2. The van der Waals surface area contributed by atoms with Gasteiger partial charge in [-0.3, -0.25) is 9.78 Å². The molecule has 0 aliphatic carbocycles. The summed E-state index contributed by atoms with van der Waals surface area (Å²) >= 11 is 0. The molecule has 0 atom stereocenters. The second kappa shape index (κ2) is 6.59. The molecular formula is C12H16N4O. The Morgan fingerprint density at radius 2 is 2.29 bits per heavy atom. The first-order chi connectivity index (χ1) is 8.15. The topological polar surface area (TPSA) is 69.9 Å². The molecule has 0 aliphatic rings. The normalized spacial score (nSPS) is 10.0. The Morgan fingerprint density at radius 3 is 2.82 bits per heavy atom. The molecule has 0 N–H and O–H groups in total. The minimum atomic E-state index is -0.165. The lowest BCUT2D eigenvalue weighted by Gasteiger charge is -2.22. The van der Waals surface area contributed by atoms with Crippen LogP contribution in [0.2, 0.25) is 0 Å². The number of rotatable bonds is 5. The summed E-state index contributed by atoms with van der Waals surface area (Å²) in [5.74, 6) is 0.191. The first-order valence-corrected chi connectivity index (χ1v) is 5.57. The smallest absolute Gasteiger partial charge is 0.274 e. The highest BCUT2D eigenvalue weighted by Crippen LogP contribution is 2.05. The van der Waals surface area contributed by atoms with Crippen LogP contribution in [0, 0.1) is 17.2 Å². The van der Waals surface area contributed by atoms with Gasteiger partial charge in [-0.15, -0.1) is 0 Å². The van der Waals surface area contributed by atoms with E-state index < -0.39 is 0 Å². The maximum absolute atomic E-state index is 12.1. The number of nitriles is 1. The summed E-state index contributed by atoms with van der Waals surface area (Å²) < 4.78 is 0. The Morgan fingerprint density at radius 1 is 1.53 bits per heavy atom. The predicted molar refractivity (Wildman–Crippen MR) is 63.0 cm³/mol. The minimum absolute atomic E-state index is 0.165. The van der Waals surface area contributed by atoms with Gasteiger partial charge in [-0.1, -0.05) is 13.8 Å². The van der Waals surface area contributed by atoms with E-state index in [1.807, 2.05) is 19.9 Å². The van der Waals surface area contributed by atoms with Gasteiger partial charge in [0.15, 0.2) is 0 Å². The Kier molecular flexibility index (Phi) is 5.08. The van der Waals surface area contributed by atoms with Gasteiger partial charge in [0.1, 0.15) is 5.69 Å². The quantitative estimate of drug-likeness (QED) is 0.771. The van der Waals surface area contributed by atoms with Gasteiger partial charge in [-0.25, -0.2) is 4.98 Å². The summed E-state index contributed by atoms with van der Waals surface area (Å²) in [6.45, 7) is 5.12. The van der Waals surface area contributed by atoms with Crippen molar-refractivity contribution in [1.82, 2.24) is 14.9 Å². The molecule has 1 amide bonds. The Hall–Kier alpha value is -1.96. The number of carbonyl (C=O) groups excluding carboxylic acids is 1. The Balaban J connectivity index is 2.76. The Bertz CT molecular complexity index is 397. The van der Waals surface area contributed by atoms with Gasteiger partial charge in [0.25, 0.3) is 5.91 Å².